The second-order valence-electron chi connectivity index (χ2n) is 7.78. The molecule has 180 valence electrons. The maximum Gasteiger partial charge on any atom is 0.418 e. The summed E-state index contributed by atoms with van der Waals surface area (Å²) >= 11 is 6.57. The van der Waals surface area contributed by atoms with Gasteiger partial charge in [0.15, 0.2) is 0 Å². The average molecular weight is 513 g/mol. The molecule has 0 aliphatic carbocycles. The predicted molar refractivity (Wildman–Crippen MR) is 120 cm³/mol. The summed E-state index contributed by atoms with van der Waals surface area (Å²) in [5.74, 6) is -0.363. The summed E-state index contributed by atoms with van der Waals surface area (Å²) in [4.78, 5) is 37.7. The second kappa shape index (κ2) is 9.71. The molecule has 1 unspecified atom stereocenters. The summed E-state index contributed by atoms with van der Waals surface area (Å²) in [5.41, 5.74) is -0.619. The number of halogens is 4. The molecule has 2 N–H and O–H groups in total. The third-order valence-electron chi connectivity index (χ3n) is 5.32. The van der Waals surface area contributed by atoms with Gasteiger partial charge in [-0.05, 0) is 25.8 Å². The van der Waals surface area contributed by atoms with Crippen LogP contribution in [0.15, 0.2) is 24.7 Å². The molecule has 2 amide bonds. The third-order valence-corrected chi connectivity index (χ3v) is 6.80. The van der Waals surface area contributed by atoms with Crippen molar-refractivity contribution in [3.8, 4) is 0 Å². The van der Waals surface area contributed by atoms with E-state index < -0.39 is 28.7 Å². The van der Waals surface area contributed by atoms with Crippen LogP contribution in [0.1, 0.15) is 68.8 Å². The van der Waals surface area contributed by atoms with E-state index >= 15 is 0 Å². The van der Waals surface area contributed by atoms with Gasteiger partial charge in [-0.1, -0.05) is 18.0 Å². The van der Waals surface area contributed by atoms with Crippen LogP contribution in [-0.2, 0) is 19.1 Å². The van der Waals surface area contributed by atoms with E-state index in [-0.39, 0.29) is 16.6 Å². The zero-order chi connectivity index (χ0) is 24.5. The summed E-state index contributed by atoms with van der Waals surface area (Å²) < 4.78 is 41.0. The van der Waals surface area contributed by atoms with Crippen molar-refractivity contribution in [3.05, 3.63) is 56.6 Å². The fourth-order valence-corrected chi connectivity index (χ4v) is 4.63. The molecule has 0 radical (unpaired) electrons. The topological polar surface area (TPSA) is 102 Å². The molecule has 1 aliphatic rings. The van der Waals surface area contributed by atoms with Gasteiger partial charge in [0.1, 0.15) is 27.2 Å². The zero-order valence-electron chi connectivity index (χ0n) is 17.9. The first-order valence-electron chi connectivity index (χ1n) is 10.5. The molecule has 0 fully saturated rings. The summed E-state index contributed by atoms with van der Waals surface area (Å²) in [6, 6.07) is 0.168. The van der Waals surface area contributed by atoms with Crippen molar-refractivity contribution in [2.24, 2.45) is 0 Å². The molecule has 0 bridgehead atoms. The summed E-state index contributed by atoms with van der Waals surface area (Å²) in [7, 11) is 0. The number of imidazole rings is 1. The fourth-order valence-electron chi connectivity index (χ4n) is 3.60. The van der Waals surface area contributed by atoms with E-state index in [1.165, 1.54) is 6.20 Å². The van der Waals surface area contributed by atoms with Gasteiger partial charge in [0.2, 0.25) is 0 Å². The quantitative estimate of drug-likeness (QED) is 0.507. The number of pyridine rings is 1. The minimum Gasteiger partial charge on any atom is -0.342 e. The van der Waals surface area contributed by atoms with Crippen LogP contribution in [-0.4, -0.2) is 31.3 Å². The Bertz CT molecular complexity index is 1230. The van der Waals surface area contributed by atoms with Gasteiger partial charge in [0.05, 0.1) is 29.0 Å². The maximum atomic E-state index is 13.0. The lowest BCUT2D eigenvalue weighted by molar-refractivity contribution is -0.137. The number of anilines is 1. The van der Waals surface area contributed by atoms with Crippen molar-refractivity contribution in [2.45, 2.75) is 51.4 Å². The number of hydrogen-bond acceptors (Lipinski definition) is 6. The largest absolute Gasteiger partial charge is 0.418 e. The number of nitrogens with zero attached hydrogens (tertiary/aromatic N) is 4. The Morgan fingerprint density at radius 2 is 1.91 bits per heavy atom. The van der Waals surface area contributed by atoms with Gasteiger partial charge < -0.3 is 15.2 Å². The van der Waals surface area contributed by atoms with Crippen LogP contribution in [0.4, 0.5) is 19.0 Å². The lowest BCUT2D eigenvalue weighted by Crippen LogP contribution is -2.28. The molecule has 0 spiro atoms. The first-order chi connectivity index (χ1) is 16.1. The number of carbonyl (C=O) groups is 2. The van der Waals surface area contributed by atoms with Crippen molar-refractivity contribution < 1.29 is 22.8 Å². The molecule has 3 aromatic heterocycles. The molecule has 8 nitrogen and oxygen atoms in total. The van der Waals surface area contributed by atoms with Gasteiger partial charge in [0.25, 0.3) is 11.8 Å². The number of rotatable bonds is 5. The van der Waals surface area contributed by atoms with Gasteiger partial charge in [-0.3, -0.25) is 9.59 Å². The van der Waals surface area contributed by atoms with E-state index in [4.69, 9.17) is 11.6 Å². The van der Waals surface area contributed by atoms with Gasteiger partial charge in [-0.15, -0.1) is 11.3 Å². The molecular weight excluding hydrogens is 493 g/mol. The van der Waals surface area contributed by atoms with E-state index in [1.54, 1.807) is 13.1 Å². The first-order valence-corrected chi connectivity index (χ1v) is 11.7. The predicted octanol–water partition coefficient (Wildman–Crippen LogP) is 4.88. The lowest BCUT2D eigenvalue weighted by atomic mass is 10.2. The molecule has 3 aromatic rings. The third kappa shape index (κ3) is 5.22. The number of nitrogens with one attached hydrogen (secondary N) is 2. The summed E-state index contributed by atoms with van der Waals surface area (Å²) in [6.45, 7) is 2.47. The Kier molecular flexibility index (Phi) is 6.89. The number of carbonyl (C=O) groups excluding carboxylic acids is 2. The molecular formula is C21H20ClF3N6O2S. The normalized spacial score (nSPS) is 14.7. The van der Waals surface area contributed by atoms with Gasteiger partial charge in [0, 0.05) is 19.2 Å². The van der Waals surface area contributed by atoms with Crippen LogP contribution in [0.3, 0.4) is 0 Å². The van der Waals surface area contributed by atoms with Crippen molar-refractivity contribution >= 4 is 40.6 Å². The smallest absolute Gasteiger partial charge is 0.342 e. The highest BCUT2D eigenvalue weighted by Gasteiger charge is 2.34. The van der Waals surface area contributed by atoms with E-state index in [0.717, 1.165) is 55.6 Å². The number of aromatic nitrogens is 4. The van der Waals surface area contributed by atoms with Gasteiger partial charge in [-0.2, -0.15) is 13.2 Å². The Morgan fingerprint density at radius 1 is 1.12 bits per heavy atom. The number of alkyl halides is 3. The van der Waals surface area contributed by atoms with Crippen LogP contribution in [0.25, 0.3) is 0 Å². The molecule has 1 aliphatic heterocycles. The monoisotopic (exact) mass is 512 g/mol. The highest BCUT2D eigenvalue weighted by atomic mass is 35.5. The molecule has 34 heavy (non-hydrogen) atoms. The number of hydrogen-bond donors (Lipinski definition) is 2. The van der Waals surface area contributed by atoms with E-state index in [1.807, 2.05) is 4.57 Å². The van der Waals surface area contributed by atoms with Gasteiger partial charge in [-0.25, -0.2) is 15.0 Å². The average Bonchev–Trinajstić information content (AvgIpc) is 3.36. The summed E-state index contributed by atoms with van der Waals surface area (Å²) in [6.07, 6.45) is 2.96. The fraction of sp³-hybridized carbons (Fsp3) is 0.381. The molecule has 4 rings (SSSR count). The molecule has 4 heterocycles. The van der Waals surface area contributed by atoms with Crippen LogP contribution < -0.4 is 10.6 Å². The first kappa shape index (κ1) is 24.1. The zero-order valence-corrected chi connectivity index (χ0v) is 19.5. The Morgan fingerprint density at radius 3 is 2.68 bits per heavy atom. The number of amides is 2. The SMILES string of the molecule is CC(NC(=O)c1cnc2n1CCCCC2)c1ncc(C(=O)Nc2cc(C(F)(F)F)c(Cl)cn2)s1. The second-order valence-corrected chi connectivity index (χ2v) is 9.25. The molecule has 0 saturated carbocycles. The van der Waals surface area contributed by atoms with E-state index in [2.05, 4.69) is 25.6 Å². The number of fused-ring (bicyclic) bond motifs is 1. The molecule has 13 heteroatoms. The highest BCUT2D eigenvalue weighted by Crippen LogP contribution is 2.35. The van der Waals surface area contributed by atoms with Crippen molar-refractivity contribution in [1.29, 1.82) is 0 Å². The standard InChI is InChI=1S/C21H20ClF3N6O2S/c1-11(29-18(32)14-9-27-17-5-3-2-4-6-31(14)17)20-28-10-15(34-20)19(33)30-16-7-12(21(23,24)25)13(22)8-26-16/h7-11H,2-6H2,1H3,(H,29,32)(H,26,30,33). The van der Waals surface area contributed by atoms with Crippen LogP contribution in [0.2, 0.25) is 5.02 Å². The number of aryl methyl sites for hydroxylation is 1. The van der Waals surface area contributed by atoms with Crippen molar-refractivity contribution in [3.63, 3.8) is 0 Å². The number of thiazole rings is 1. The Balaban J connectivity index is 1.42. The maximum absolute atomic E-state index is 13.0. The van der Waals surface area contributed by atoms with E-state index in [9.17, 15) is 22.8 Å². The van der Waals surface area contributed by atoms with Crippen molar-refractivity contribution in [1.82, 2.24) is 24.8 Å². The molecule has 0 saturated heterocycles. The van der Waals surface area contributed by atoms with Crippen LogP contribution in [0, 0.1) is 0 Å². The van der Waals surface area contributed by atoms with Gasteiger partial charge >= 0.3 is 6.18 Å². The highest BCUT2D eigenvalue weighted by molar-refractivity contribution is 7.13. The van der Waals surface area contributed by atoms with Crippen molar-refractivity contribution in [2.75, 3.05) is 5.32 Å². The molecule has 1 atom stereocenters. The Labute approximate surface area is 201 Å². The molecule has 0 aromatic carbocycles. The van der Waals surface area contributed by atoms with Crippen LogP contribution in [0.5, 0.6) is 0 Å². The Hall–Kier alpha value is -2.99. The minimum absolute atomic E-state index is 0.152. The van der Waals surface area contributed by atoms with E-state index in [0.29, 0.717) is 16.8 Å². The summed E-state index contributed by atoms with van der Waals surface area (Å²) in [5, 5.41) is 5.08. The van der Waals surface area contributed by atoms with Crippen LogP contribution >= 0.6 is 22.9 Å². The minimum atomic E-state index is -4.68. The lowest BCUT2D eigenvalue weighted by Gasteiger charge is -2.13.